The summed E-state index contributed by atoms with van der Waals surface area (Å²) >= 11 is 0. The van der Waals surface area contributed by atoms with Gasteiger partial charge in [-0.1, -0.05) is 13.8 Å². The Morgan fingerprint density at radius 3 is 2.50 bits per heavy atom. The fourth-order valence-corrected chi connectivity index (χ4v) is 1.29. The van der Waals surface area contributed by atoms with E-state index in [0.717, 1.165) is 25.9 Å². The van der Waals surface area contributed by atoms with Gasteiger partial charge >= 0.3 is 0 Å². The molecule has 18 heavy (non-hydrogen) atoms. The Morgan fingerprint density at radius 2 is 2.00 bits per heavy atom. The van der Waals surface area contributed by atoms with Gasteiger partial charge in [0.1, 0.15) is 6.54 Å². The smallest absolute Gasteiger partial charge is 0.242 e. The van der Waals surface area contributed by atoms with Crippen molar-refractivity contribution in [1.29, 1.82) is 0 Å². The van der Waals surface area contributed by atoms with Crippen molar-refractivity contribution in [3.8, 4) is 0 Å². The van der Waals surface area contributed by atoms with Gasteiger partial charge in [0.15, 0.2) is 5.96 Å². The van der Waals surface area contributed by atoms with E-state index in [0.29, 0.717) is 17.9 Å². The number of carbonyl (C=O) groups is 1. The van der Waals surface area contributed by atoms with Crippen LogP contribution in [0.1, 0.15) is 33.6 Å². The van der Waals surface area contributed by atoms with Gasteiger partial charge in [0.25, 0.3) is 0 Å². The maximum atomic E-state index is 11.5. The quantitative estimate of drug-likeness (QED) is 0.374. The maximum absolute atomic E-state index is 11.5. The molecule has 1 rings (SSSR count). The number of nitrogens with zero attached hydrogens (tertiary/aromatic N) is 1. The van der Waals surface area contributed by atoms with Crippen LogP contribution in [-0.4, -0.2) is 37.5 Å². The topological polar surface area (TPSA) is 65.5 Å². The lowest BCUT2D eigenvalue weighted by Crippen LogP contribution is -2.40. The van der Waals surface area contributed by atoms with E-state index in [4.69, 9.17) is 0 Å². The van der Waals surface area contributed by atoms with Crippen molar-refractivity contribution in [2.24, 2.45) is 10.9 Å². The van der Waals surface area contributed by atoms with Crippen LogP contribution in [0.3, 0.4) is 0 Å². The number of rotatable bonds is 6. The predicted molar refractivity (Wildman–Crippen MR) is 85.4 cm³/mol. The molecule has 0 atom stereocenters. The van der Waals surface area contributed by atoms with Crippen LogP contribution in [0.2, 0.25) is 0 Å². The first kappa shape index (κ1) is 17.5. The summed E-state index contributed by atoms with van der Waals surface area (Å²) in [6.07, 6.45) is 2.22. The Hall–Kier alpha value is -0.530. The first-order chi connectivity index (χ1) is 8.11. The summed E-state index contributed by atoms with van der Waals surface area (Å²) in [4.78, 5) is 15.7. The van der Waals surface area contributed by atoms with E-state index in [9.17, 15) is 4.79 Å². The molecule has 1 amide bonds. The highest BCUT2D eigenvalue weighted by Gasteiger charge is 2.22. The Labute approximate surface area is 127 Å². The van der Waals surface area contributed by atoms with Gasteiger partial charge in [-0.2, -0.15) is 0 Å². The van der Waals surface area contributed by atoms with E-state index >= 15 is 0 Å². The number of carbonyl (C=O) groups excluding carboxylic acids is 1. The molecule has 0 aromatic heterocycles. The van der Waals surface area contributed by atoms with Crippen LogP contribution in [0.15, 0.2) is 4.99 Å². The van der Waals surface area contributed by atoms with Crippen molar-refractivity contribution >= 4 is 35.8 Å². The number of halogens is 1. The molecule has 0 aromatic carbocycles. The monoisotopic (exact) mass is 368 g/mol. The molecule has 6 heteroatoms. The molecule has 0 spiro atoms. The van der Waals surface area contributed by atoms with E-state index in [1.807, 2.05) is 6.92 Å². The molecule has 0 aromatic rings. The summed E-state index contributed by atoms with van der Waals surface area (Å²) in [6.45, 7) is 8.14. The average Bonchev–Trinajstić information content (AvgIpc) is 3.06. The molecule has 0 saturated heterocycles. The van der Waals surface area contributed by atoms with E-state index < -0.39 is 0 Å². The third-order valence-electron chi connectivity index (χ3n) is 2.35. The lowest BCUT2D eigenvalue weighted by molar-refractivity contribution is -0.119. The molecule has 0 heterocycles. The van der Waals surface area contributed by atoms with Gasteiger partial charge in [-0.15, -0.1) is 24.0 Å². The second-order valence-corrected chi connectivity index (χ2v) is 4.81. The first-order valence-electron chi connectivity index (χ1n) is 6.43. The molecule has 0 bridgehead atoms. The summed E-state index contributed by atoms with van der Waals surface area (Å²) < 4.78 is 0. The molecule has 1 aliphatic carbocycles. The second-order valence-electron chi connectivity index (χ2n) is 4.81. The Bertz CT molecular complexity index is 277. The number of aliphatic imine (C=N–C) groups is 1. The van der Waals surface area contributed by atoms with E-state index in [-0.39, 0.29) is 36.4 Å². The van der Waals surface area contributed by atoms with Gasteiger partial charge in [-0.25, -0.2) is 4.99 Å². The standard InChI is InChI=1S/C12H24N4O.HI/c1-4-13-12(14-7-9(2)3)15-8-11(17)16-10-5-6-10;/h9-10H,4-8H2,1-3H3,(H,16,17)(H2,13,14,15);1H. The van der Waals surface area contributed by atoms with Gasteiger partial charge in [0.2, 0.25) is 5.91 Å². The summed E-state index contributed by atoms with van der Waals surface area (Å²) in [5, 5.41) is 9.24. The van der Waals surface area contributed by atoms with E-state index in [1.54, 1.807) is 0 Å². The zero-order valence-corrected chi connectivity index (χ0v) is 13.8. The number of hydrogen-bond donors (Lipinski definition) is 3. The van der Waals surface area contributed by atoms with Crippen LogP contribution in [0.5, 0.6) is 0 Å². The molecule has 1 aliphatic rings. The van der Waals surface area contributed by atoms with Gasteiger partial charge in [0.05, 0.1) is 0 Å². The number of nitrogens with one attached hydrogen (secondary N) is 3. The SMILES string of the molecule is CCNC(=NCC(=O)NC1CC1)NCC(C)C.I. The fourth-order valence-electron chi connectivity index (χ4n) is 1.29. The van der Waals surface area contributed by atoms with E-state index in [1.165, 1.54) is 0 Å². The minimum atomic E-state index is 0. The number of hydrogen-bond acceptors (Lipinski definition) is 2. The molecule has 3 N–H and O–H groups in total. The van der Waals surface area contributed by atoms with Crippen LogP contribution in [-0.2, 0) is 4.79 Å². The highest BCUT2D eigenvalue weighted by atomic mass is 127. The Morgan fingerprint density at radius 1 is 1.33 bits per heavy atom. The fraction of sp³-hybridized carbons (Fsp3) is 0.833. The molecule has 1 saturated carbocycles. The molecule has 106 valence electrons. The lowest BCUT2D eigenvalue weighted by Gasteiger charge is -2.12. The Kier molecular flexibility index (Phi) is 9.13. The number of guanidine groups is 1. The molecular weight excluding hydrogens is 343 g/mol. The van der Waals surface area contributed by atoms with Crippen LogP contribution in [0.4, 0.5) is 0 Å². The minimum absolute atomic E-state index is 0. The molecular formula is C12H25IN4O. The van der Waals surface area contributed by atoms with Gasteiger partial charge in [0, 0.05) is 19.1 Å². The minimum Gasteiger partial charge on any atom is -0.357 e. The average molecular weight is 368 g/mol. The number of amides is 1. The second kappa shape index (κ2) is 9.41. The third-order valence-corrected chi connectivity index (χ3v) is 2.35. The largest absolute Gasteiger partial charge is 0.357 e. The van der Waals surface area contributed by atoms with Crippen LogP contribution < -0.4 is 16.0 Å². The lowest BCUT2D eigenvalue weighted by atomic mass is 10.2. The highest BCUT2D eigenvalue weighted by molar-refractivity contribution is 14.0. The van der Waals surface area contributed by atoms with Crippen molar-refractivity contribution < 1.29 is 4.79 Å². The van der Waals surface area contributed by atoms with Gasteiger partial charge in [-0.3, -0.25) is 4.79 Å². The zero-order chi connectivity index (χ0) is 12.7. The van der Waals surface area contributed by atoms with Crippen LogP contribution in [0, 0.1) is 5.92 Å². The molecule has 0 aliphatic heterocycles. The van der Waals surface area contributed by atoms with Gasteiger partial charge in [-0.05, 0) is 25.7 Å². The van der Waals surface area contributed by atoms with Crippen molar-refractivity contribution in [2.75, 3.05) is 19.6 Å². The zero-order valence-electron chi connectivity index (χ0n) is 11.5. The van der Waals surface area contributed by atoms with Crippen molar-refractivity contribution in [1.82, 2.24) is 16.0 Å². The summed E-state index contributed by atoms with van der Waals surface area (Å²) in [5.41, 5.74) is 0. The Balaban J connectivity index is 0.00000289. The van der Waals surface area contributed by atoms with Crippen molar-refractivity contribution in [3.63, 3.8) is 0 Å². The van der Waals surface area contributed by atoms with Crippen LogP contribution in [0.25, 0.3) is 0 Å². The van der Waals surface area contributed by atoms with Crippen molar-refractivity contribution in [2.45, 2.75) is 39.7 Å². The highest BCUT2D eigenvalue weighted by Crippen LogP contribution is 2.18. The molecule has 0 radical (unpaired) electrons. The molecule has 0 unspecified atom stereocenters. The maximum Gasteiger partial charge on any atom is 0.242 e. The molecule has 1 fully saturated rings. The summed E-state index contributed by atoms with van der Waals surface area (Å²) in [5.74, 6) is 1.28. The van der Waals surface area contributed by atoms with Crippen LogP contribution >= 0.6 is 24.0 Å². The molecule has 5 nitrogen and oxygen atoms in total. The summed E-state index contributed by atoms with van der Waals surface area (Å²) in [7, 11) is 0. The third kappa shape index (κ3) is 8.54. The van der Waals surface area contributed by atoms with E-state index in [2.05, 4.69) is 34.8 Å². The first-order valence-corrected chi connectivity index (χ1v) is 6.43. The van der Waals surface area contributed by atoms with Crippen molar-refractivity contribution in [3.05, 3.63) is 0 Å². The summed E-state index contributed by atoms with van der Waals surface area (Å²) in [6, 6.07) is 0.406. The predicted octanol–water partition coefficient (Wildman–Crippen LogP) is 1.09. The normalized spacial score (nSPS) is 15.0. The van der Waals surface area contributed by atoms with Gasteiger partial charge < -0.3 is 16.0 Å².